The molecule has 1 atom stereocenters. The molecule has 1 aliphatic heterocycles. The van der Waals surface area contributed by atoms with Gasteiger partial charge in [-0.1, -0.05) is 40.5 Å². The maximum atomic E-state index is 12.0. The van der Waals surface area contributed by atoms with Crippen molar-refractivity contribution in [1.82, 2.24) is 14.9 Å². The van der Waals surface area contributed by atoms with Gasteiger partial charge in [-0.2, -0.15) is 0 Å². The number of Topliss-reactive ketones (excluding diaryl/α,β-unsaturated/α-hetero) is 1. The summed E-state index contributed by atoms with van der Waals surface area (Å²) in [6.45, 7) is 13.5. The van der Waals surface area contributed by atoms with Crippen molar-refractivity contribution in [2.75, 3.05) is 30.3 Å². The molecular weight excluding hydrogens is 338 g/mol. The second kappa shape index (κ2) is 10.0. The number of aryl methyl sites for hydroxylation is 1. The number of anilines is 2. The lowest BCUT2D eigenvalue weighted by Gasteiger charge is -2.46. The van der Waals surface area contributed by atoms with Crippen molar-refractivity contribution in [3.63, 3.8) is 0 Å². The summed E-state index contributed by atoms with van der Waals surface area (Å²) in [4.78, 5) is 26.1. The highest BCUT2D eigenvalue weighted by atomic mass is 16.1. The minimum Gasteiger partial charge on any atom is -0.382 e. The van der Waals surface area contributed by atoms with Gasteiger partial charge in [0.05, 0.1) is 5.69 Å². The van der Waals surface area contributed by atoms with E-state index in [2.05, 4.69) is 40.5 Å². The zero-order valence-corrected chi connectivity index (χ0v) is 17.8. The molecule has 1 unspecified atom stereocenters. The highest BCUT2D eigenvalue weighted by Crippen LogP contribution is 2.27. The number of nitrogens with two attached hydrogens (primary N) is 1. The summed E-state index contributed by atoms with van der Waals surface area (Å²) >= 11 is 0. The summed E-state index contributed by atoms with van der Waals surface area (Å²) in [5, 5.41) is 0. The van der Waals surface area contributed by atoms with Gasteiger partial charge in [-0.3, -0.25) is 9.69 Å². The SMILES string of the molecule is CCCC(CCC)N1CCN(c2nc(N)c(C(=O)CC)nc2C)CC1CC. The van der Waals surface area contributed by atoms with E-state index in [0.717, 1.165) is 37.6 Å². The zero-order chi connectivity index (χ0) is 20.0. The molecule has 1 aromatic rings. The van der Waals surface area contributed by atoms with E-state index in [9.17, 15) is 4.79 Å². The van der Waals surface area contributed by atoms with Gasteiger partial charge in [-0.05, 0) is 26.2 Å². The Bertz CT molecular complexity index is 627. The van der Waals surface area contributed by atoms with E-state index >= 15 is 0 Å². The standard InChI is InChI=1S/C21H37N5O/c1-6-10-17(11-7-2)26-13-12-25(14-16(26)8-3)21-15(5)23-19(18(27)9-4)20(22)24-21/h16-17H,6-14H2,1-5H3,(H2,22,24). The van der Waals surface area contributed by atoms with E-state index in [0.29, 0.717) is 24.2 Å². The summed E-state index contributed by atoms with van der Waals surface area (Å²) in [7, 11) is 0. The van der Waals surface area contributed by atoms with Gasteiger partial charge in [0.2, 0.25) is 0 Å². The first-order chi connectivity index (χ1) is 13.0. The van der Waals surface area contributed by atoms with Gasteiger partial charge in [0.1, 0.15) is 5.69 Å². The number of rotatable bonds is 9. The summed E-state index contributed by atoms with van der Waals surface area (Å²) in [5.41, 5.74) is 7.17. The van der Waals surface area contributed by atoms with E-state index in [4.69, 9.17) is 5.73 Å². The van der Waals surface area contributed by atoms with Crippen molar-refractivity contribution in [1.29, 1.82) is 0 Å². The highest BCUT2D eigenvalue weighted by Gasteiger charge is 2.32. The smallest absolute Gasteiger partial charge is 0.184 e. The van der Waals surface area contributed by atoms with E-state index in [1.165, 1.54) is 25.7 Å². The third-order valence-electron chi connectivity index (χ3n) is 5.67. The van der Waals surface area contributed by atoms with Crippen molar-refractivity contribution < 1.29 is 4.79 Å². The molecule has 2 heterocycles. The van der Waals surface area contributed by atoms with Crippen LogP contribution in [0, 0.1) is 6.92 Å². The first kappa shape index (κ1) is 21.6. The van der Waals surface area contributed by atoms with Crippen LogP contribution in [0.2, 0.25) is 0 Å². The number of carbonyl (C=O) groups is 1. The van der Waals surface area contributed by atoms with Crippen LogP contribution >= 0.6 is 0 Å². The molecule has 0 amide bonds. The molecule has 0 radical (unpaired) electrons. The van der Waals surface area contributed by atoms with Crippen LogP contribution in [-0.4, -0.2) is 52.4 Å². The number of hydrogen-bond donors (Lipinski definition) is 1. The van der Waals surface area contributed by atoms with Gasteiger partial charge >= 0.3 is 0 Å². The largest absolute Gasteiger partial charge is 0.382 e. The fourth-order valence-electron chi connectivity index (χ4n) is 4.24. The fraction of sp³-hybridized carbons (Fsp3) is 0.762. The fourth-order valence-corrected chi connectivity index (χ4v) is 4.24. The van der Waals surface area contributed by atoms with E-state index in [1.807, 2.05) is 13.8 Å². The van der Waals surface area contributed by atoms with Gasteiger partial charge in [0.25, 0.3) is 0 Å². The third-order valence-corrected chi connectivity index (χ3v) is 5.67. The first-order valence-corrected chi connectivity index (χ1v) is 10.6. The van der Waals surface area contributed by atoms with Crippen LogP contribution in [0.15, 0.2) is 0 Å². The molecule has 0 aliphatic carbocycles. The predicted octanol–water partition coefficient (Wildman–Crippen LogP) is 3.83. The normalized spacial score (nSPS) is 18.3. The zero-order valence-electron chi connectivity index (χ0n) is 17.8. The van der Waals surface area contributed by atoms with Crippen molar-refractivity contribution in [2.24, 2.45) is 0 Å². The lowest BCUT2D eigenvalue weighted by atomic mass is 9.99. The predicted molar refractivity (Wildman–Crippen MR) is 112 cm³/mol. The molecule has 0 bridgehead atoms. The Morgan fingerprint density at radius 3 is 2.37 bits per heavy atom. The molecule has 1 saturated heterocycles. The quantitative estimate of drug-likeness (QED) is 0.661. The number of aromatic nitrogens is 2. The molecule has 1 aliphatic rings. The van der Waals surface area contributed by atoms with Gasteiger partial charge in [-0.15, -0.1) is 0 Å². The van der Waals surface area contributed by atoms with Crippen LogP contribution in [0.25, 0.3) is 0 Å². The molecule has 0 saturated carbocycles. The monoisotopic (exact) mass is 375 g/mol. The molecule has 1 aromatic heterocycles. The van der Waals surface area contributed by atoms with Crippen LogP contribution in [0.1, 0.15) is 82.4 Å². The van der Waals surface area contributed by atoms with E-state index < -0.39 is 0 Å². The average Bonchev–Trinajstić information content (AvgIpc) is 2.68. The third kappa shape index (κ3) is 4.98. The van der Waals surface area contributed by atoms with Gasteiger partial charge in [0.15, 0.2) is 17.4 Å². The van der Waals surface area contributed by atoms with Gasteiger partial charge < -0.3 is 10.6 Å². The number of piperazine rings is 1. The first-order valence-electron chi connectivity index (χ1n) is 10.6. The summed E-state index contributed by atoms with van der Waals surface area (Å²) < 4.78 is 0. The number of ketones is 1. The van der Waals surface area contributed by atoms with Crippen LogP contribution < -0.4 is 10.6 Å². The van der Waals surface area contributed by atoms with Crippen LogP contribution in [0.3, 0.4) is 0 Å². The van der Waals surface area contributed by atoms with E-state index in [-0.39, 0.29) is 11.6 Å². The Morgan fingerprint density at radius 2 is 1.81 bits per heavy atom. The average molecular weight is 376 g/mol. The molecular formula is C21H37N5O. The summed E-state index contributed by atoms with van der Waals surface area (Å²) in [5.74, 6) is 1.04. The number of carbonyl (C=O) groups excluding carboxylic acids is 1. The lowest BCUT2D eigenvalue weighted by Crippen LogP contribution is -2.56. The Morgan fingerprint density at radius 1 is 1.15 bits per heavy atom. The molecule has 6 heteroatoms. The number of nitrogen functional groups attached to an aromatic ring is 1. The van der Waals surface area contributed by atoms with Crippen molar-refractivity contribution in [3.8, 4) is 0 Å². The second-order valence-electron chi connectivity index (χ2n) is 7.62. The number of hydrogen-bond acceptors (Lipinski definition) is 6. The van der Waals surface area contributed by atoms with Crippen molar-refractivity contribution in [3.05, 3.63) is 11.4 Å². The Hall–Kier alpha value is -1.69. The maximum Gasteiger partial charge on any atom is 0.184 e. The molecule has 0 aromatic carbocycles. The molecule has 2 N–H and O–H groups in total. The lowest BCUT2D eigenvalue weighted by molar-refractivity contribution is 0.0982. The second-order valence-corrected chi connectivity index (χ2v) is 7.62. The van der Waals surface area contributed by atoms with Gasteiger partial charge in [0, 0.05) is 38.1 Å². The highest BCUT2D eigenvalue weighted by molar-refractivity contribution is 5.98. The number of nitrogens with zero attached hydrogens (tertiary/aromatic N) is 4. The minimum absolute atomic E-state index is 0.0483. The Labute approximate surface area is 164 Å². The van der Waals surface area contributed by atoms with Crippen LogP contribution in [0.4, 0.5) is 11.6 Å². The minimum atomic E-state index is -0.0483. The Kier molecular flexibility index (Phi) is 8.02. The topological polar surface area (TPSA) is 75.3 Å². The molecule has 152 valence electrons. The van der Waals surface area contributed by atoms with Crippen LogP contribution in [-0.2, 0) is 0 Å². The Balaban J connectivity index is 2.20. The summed E-state index contributed by atoms with van der Waals surface area (Å²) in [6, 6.07) is 1.19. The van der Waals surface area contributed by atoms with E-state index in [1.54, 1.807) is 0 Å². The molecule has 1 fully saturated rings. The summed E-state index contributed by atoms with van der Waals surface area (Å²) in [6.07, 6.45) is 6.51. The molecule has 0 spiro atoms. The van der Waals surface area contributed by atoms with Crippen molar-refractivity contribution in [2.45, 2.75) is 85.2 Å². The molecule has 27 heavy (non-hydrogen) atoms. The maximum absolute atomic E-state index is 12.0. The molecule has 6 nitrogen and oxygen atoms in total. The van der Waals surface area contributed by atoms with Crippen LogP contribution in [0.5, 0.6) is 0 Å². The van der Waals surface area contributed by atoms with Crippen molar-refractivity contribution >= 4 is 17.4 Å². The molecule has 2 rings (SSSR count). The van der Waals surface area contributed by atoms with Gasteiger partial charge in [-0.25, -0.2) is 9.97 Å².